The van der Waals surface area contributed by atoms with Crippen LogP contribution in [-0.4, -0.2) is 24.3 Å². The van der Waals surface area contributed by atoms with E-state index in [-0.39, 0.29) is 12.0 Å². The summed E-state index contributed by atoms with van der Waals surface area (Å²) in [7, 11) is 1.20. The summed E-state index contributed by atoms with van der Waals surface area (Å²) in [5.41, 5.74) is -0.00995. The van der Waals surface area contributed by atoms with Crippen LogP contribution in [0.3, 0.4) is 0 Å². The molecule has 0 fully saturated rings. The van der Waals surface area contributed by atoms with Gasteiger partial charge < -0.3 is 9.84 Å². The molecule has 1 N–H and O–H groups in total. The fourth-order valence-corrected chi connectivity index (χ4v) is 1.17. The number of rotatable bonds is 4. The molecule has 3 nitrogen and oxygen atoms in total. The number of carboxylic acids is 1. The van der Waals surface area contributed by atoms with Crippen molar-refractivity contribution in [1.29, 1.82) is 0 Å². The Morgan fingerprint density at radius 1 is 1.53 bits per heavy atom. The predicted molar refractivity (Wildman–Crippen MR) is 48.5 cm³/mol. The Morgan fingerprint density at radius 2 is 2.20 bits per heavy atom. The van der Waals surface area contributed by atoms with Crippen LogP contribution >= 0.6 is 0 Å². The molecule has 0 heterocycles. The maximum absolute atomic E-state index is 13.1. The third-order valence-corrected chi connectivity index (χ3v) is 1.97. The van der Waals surface area contributed by atoms with Crippen LogP contribution in [0, 0.1) is 11.6 Å². The van der Waals surface area contributed by atoms with Crippen molar-refractivity contribution in [3.8, 4) is 0 Å². The molecule has 0 bridgehead atoms. The average molecular weight is 216 g/mol. The van der Waals surface area contributed by atoms with E-state index in [2.05, 4.69) is 4.74 Å². The maximum atomic E-state index is 13.1. The third-order valence-electron chi connectivity index (χ3n) is 1.97. The van der Waals surface area contributed by atoms with Gasteiger partial charge in [0.1, 0.15) is 11.6 Å². The van der Waals surface area contributed by atoms with Gasteiger partial charge in [-0.1, -0.05) is 0 Å². The van der Waals surface area contributed by atoms with E-state index in [0.717, 1.165) is 18.2 Å². The van der Waals surface area contributed by atoms with Crippen molar-refractivity contribution in [3.05, 3.63) is 35.4 Å². The number of carbonyl (C=O) groups is 1. The molecule has 0 amide bonds. The van der Waals surface area contributed by atoms with Crippen LogP contribution in [0.5, 0.6) is 0 Å². The van der Waals surface area contributed by atoms with Gasteiger partial charge in [-0.25, -0.2) is 13.6 Å². The number of hydrogen-bond donors (Lipinski definition) is 1. The number of aliphatic carboxylic acids is 1. The zero-order valence-corrected chi connectivity index (χ0v) is 8.04. The zero-order chi connectivity index (χ0) is 11.4. The lowest BCUT2D eigenvalue weighted by Gasteiger charge is -2.10. The minimum Gasteiger partial charge on any atom is -0.479 e. The molecule has 0 aliphatic carbocycles. The highest BCUT2D eigenvalue weighted by Gasteiger charge is 2.19. The van der Waals surface area contributed by atoms with Crippen LogP contribution in [0.15, 0.2) is 18.2 Å². The summed E-state index contributed by atoms with van der Waals surface area (Å²) in [6.07, 6.45) is -1.36. The topological polar surface area (TPSA) is 46.5 Å². The second-order valence-electron chi connectivity index (χ2n) is 3.00. The van der Waals surface area contributed by atoms with Crippen molar-refractivity contribution >= 4 is 5.97 Å². The van der Waals surface area contributed by atoms with Gasteiger partial charge in [0.05, 0.1) is 0 Å². The smallest absolute Gasteiger partial charge is 0.333 e. The van der Waals surface area contributed by atoms with Crippen molar-refractivity contribution < 1.29 is 23.4 Å². The zero-order valence-electron chi connectivity index (χ0n) is 8.04. The lowest BCUT2D eigenvalue weighted by atomic mass is 10.1. The molecular weight excluding hydrogens is 206 g/mol. The van der Waals surface area contributed by atoms with Gasteiger partial charge in [0.2, 0.25) is 0 Å². The SMILES string of the molecule is COC(Cc1cc(F)ccc1F)C(=O)O. The molecular formula is C10H10F2O3. The minimum absolute atomic E-state index is 0.00995. The van der Waals surface area contributed by atoms with Gasteiger partial charge in [0, 0.05) is 13.5 Å². The molecule has 1 aromatic carbocycles. The van der Waals surface area contributed by atoms with E-state index in [9.17, 15) is 13.6 Å². The van der Waals surface area contributed by atoms with Crippen molar-refractivity contribution in [2.45, 2.75) is 12.5 Å². The van der Waals surface area contributed by atoms with Crippen LogP contribution in [0.2, 0.25) is 0 Å². The first-order valence-corrected chi connectivity index (χ1v) is 4.24. The molecule has 0 aliphatic rings. The molecule has 0 spiro atoms. The Hall–Kier alpha value is -1.49. The Kier molecular flexibility index (Phi) is 3.74. The van der Waals surface area contributed by atoms with E-state index in [4.69, 9.17) is 5.11 Å². The number of hydrogen-bond acceptors (Lipinski definition) is 2. The third kappa shape index (κ3) is 2.99. The quantitative estimate of drug-likeness (QED) is 0.831. The lowest BCUT2D eigenvalue weighted by molar-refractivity contribution is -0.148. The van der Waals surface area contributed by atoms with E-state index >= 15 is 0 Å². The van der Waals surface area contributed by atoms with Gasteiger partial charge >= 0.3 is 5.97 Å². The molecule has 0 aliphatic heterocycles. The molecule has 1 aromatic rings. The predicted octanol–water partition coefficient (Wildman–Crippen LogP) is 1.61. The number of methoxy groups -OCH3 is 1. The normalized spacial score (nSPS) is 12.5. The lowest BCUT2D eigenvalue weighted by Crippen LogP contribution is -2.25. The van der Waals surface area contributed by atoms with E-state index in [0.29, 0.717) is 0 Å². The number of carboxylic acid groups (broad SMARTS) is 1. The summed E-state index contributed by atoms with van der Waals surface area (Å²) in [5, 5.41) is 8.65. The van der Waals surface area contributed by atoms with Crippen LogP contribution < -0.4 is 0 Å². The Balaban J connectivity index is 2.87. The molecule has 1 rings (SSSR count). The van der Waals surface area contributed by atoms with Gasteiger partial charge in [0.25, 0.3) is 0 Å². The van der Waals surface area contributed by atoms with E-state index < -0.39 is 23.7 Å². The summed E-state index contributed by atoms with van der Waals surface area (Å²) in [5.74, 6) is -2.45. The second-order valence-corrected chi connectivity index (χ2v) is 3.00. The van der Waals surface area contributed by atoms with Crippen molar-refractivity contribution in [3.63, 3.8) is 0 Å². The Morgan fingerprint density at radius 3 is 2.73 bits per heavy atom. The number of halogens is 2. The molecule has 0 saturated carbocycles. The molecule has 82 valence electrons. The van der Waals surface area contributed by atoms with E-state index in [1.165, 1.54) is 7.11 Å². The van der Waals surface area contributed by atoms with Gasteiger partial charge in [0.15, 0.2) is 6.10 Å². The fraction of sp³-hybridized carbons (Fsp3) is 0.300. The van der Waals surface area contributed by atoms with Gasteiger partial charge in [-0.3, -0.25) is 0 Å². The number of benzene rings is 1. The standard InChI is InChI=1S/C10H10F2O3/c1-15-9(10(13)14)5-6-4-7(11)2-3-8(6)12/h2-4,9H,5H2,1H3,(H,13,14). The number of ether oxygens (including phenoxy) is 1. The summed E-state index contributed by atoms with van der Waals surface area (Å²) < 4.78 is 30.5. The van der Waals surface area contributed by atoms with E-state index in [1.807, 2.05) is 0 Å². The van der Waals surface area contributed by atoms with Crippen molar-refractivity contribution in [1.82, 2.24) is 0 Å². The monoisotopic (exact) mass is 216 g/mol. The summed E-state index contributed by atoms with van der Waals surface area (Å²) in [4.78, 5) is 10.6. The molecule has 5 heteroatoms. The Labute approximate surface area is 85.3 Å². The molecule has 1 unspecified atom stereocenters. The van der Waals surface area contributed by atoms with Gasteiger partial charge in [-0.05, 0) is 23.8 Å². The van der Waals surface area contributed by atoms with E-state index in [1.54, 1.807) is 0 Å². The van der Waals surface area contributed by atoms with Crippen molar-refractivity contribution in [2.75, 3.05) is 7.11 Å². The first-order valence-electron chi connectivity index (χ1n) is 4.24. The van der Waals surface area contributed by atoms with Crippen LogP contribution in [0.4, 0.5) is 8.78 Å². The average Bonchev–Trinajstić information content (AvgIpc) is 2.18. The highest BCUT2D eigenvalue weighted by molar-refractivity contribution is 5.72. The molecule has 0 radical (unpaired) electrons. The first kappa shape index (κ1) is 11.6. The van der Waals surface area contributed by atoms with Crippen LogP contribution in [-0.2, 0) is 16.0 Å². The molecule has 15 heavy (non-hydrogen) atoms. The molecule has 0 aromatic heterocycles. The molecule has 1 atom stereocenters. The summed E-state index contributed by atoms with van der Waals surface area (Å²) >= 11 is 0. The maximum Gasteiger partial charge on any atom is 0.333 e. The highest BCUT2D eigenvalue weighted by atomic mass is 19.1. The largest absolute Gasteiger partial charge is 0.479 e. The summed E-state index contributed by atoms with van der Waals surface area (Å²) in [6, 6.07) is 2.89. The fourth-order valence-electron chi connectivity index (χ4n) is 1.17. The molecule has 0 saturated heterocycles. The second kappa shape index (κ2) is 4.84. The van der Waals surface area contributed by atoms with Gasteiger partial charge in [-0.15, -0.1) is 0 Å². The van der Waals surface area contributed by atoms with Crippen molar-refractivity contribution in [2.24, 2.45) is 0 Å². The first-order chi connectivity index (χ1) is 7.04. The van der Waals surface area contributed by atoms with Crippen LogP contribution in [0.1, 0.15) is 5.56 Å². The summed E-state index contributed by atoms with van der Waals surface area (Å²) in [6.45, 7) is 0. The highest BCUT2D eigenvalue weighted by Crippen LogP contribution is 2.13. The van der Waals surface area contributed by atoms with Gasteiger partial charge in [-0.2, -0.15) is 0 Å². The Bertz CT molecular complexity index is 366. The van der Waals surface area contributed by atoms with Crippen LogP contribution in [0.25, 0.3) is 0 Å². The minimum atomic E-state index is -1.21.